The van der Waals surface area contributed by atoms with E-state index in [0.717, 1.165) is 17.0 Å². The van der Waals surface area contributed by atoms with Crippen molar-refractivity contribution in [1.82, 2.24) is 4.98 Å². The summed E-state index contributed by atoms with van der Waals surface area (Å²) in [6.45, 7) is 0. The van der Waals surface area contributed by atoms with Crippen LogP contribution in [0.5, 0.6) is 0 Å². The second kappa shape index (κ2) is 6.08. The topological polar surface area (TPSA) is 12.9 Å². The molecule has 1 saturated carbocycles. The molecule has 1 nitrogen and oxygen atoms in total. The smallest absolute Gasteiger partial charge is 0.0712 e. The number of rotatable bonds is 3. The van der Waals surface area contributed by atoms with Gasteiger partial charge in [-0.1, -0.05) is 68.5 Å². The Labute approximate surface area is 132 Å². The summed E-state index contributed by atoms with van der Waals surface area (Å²) in [7, 11) is 0. The molecule has 1 fully saturated rings. The van der Waals surface area contributed by atoms with E-state index in [0.29, 0.717) is 0 Å². The van der Waals surface area contributed by atoms with E-state index in [1.54, 1.807) is 0 Å². The molecule has 0 bridgehead atoms. The van der Waals surface area contributed by atoms with Crippen LogP contribution in [0.3, 0.4) is 0 Å². The van der Waals surface area contributed by atoms with Gasteiger partial charge in [-0.3, -0.25) is 0 Å². The number of pyridine rings is 1. The zero-order chi connectivity index (χ0) is 14.8. The van der Waals surface area contributed by atoms with Crippen LogP contribution >= 0.6 is 0 Å². The maximum atomic E-state index is 4.83. The van der Waals surface area contributed by atoms with Crippen LogP contribution < -0.4 is 0 Å². The predicted molar refractivity (Wildman–Crippen MR) is 94.1 cm³/mol. The first-order valence-corrected chi connectivity index (χ1v) is 8.68. The van der Waals surface area contributed by atoms with E-state index >= 15 is 0 Å². The number of benzene rings is 2. The number of para-hydroxylation sites is 2. The van der Waals surface area contributed by atoms with Crippen molar-refractivity contribution < 1.29 is 0 Å². The fourth-order valence-electron chi connectivity index (χ4n) is 4.02. The van der Waals surface area contributed by atoms with Gasteiger partial charge < -0.3 is 0 Å². The van der Waals surface area contributed by atoms with E-state index in [4.69, 9.17) is 4.98 Å². The van der Waals surface area contributed by atoms with Crippen LogP contribution in [-0.2, 0) is 6.42 Å². The summed E-state index contributed by atoms with van der Waals surface area (Å²) < 4.78 is 0. The fourth-order valence-corrected chi connectivity index (χ4v) is 4.02. The largest absolute Gasteiger partial charge is 0.248 e. The molecular weight excluding hydrogens is 266 g/mol. The van der Waals surface area contributed by atoms with E-state index in [1.807, 2.05) is 0 Å². The molecule has 0 unspecified atom stereocenters. The Bertz CT molecular complexity index is 730. The molecule has 1 heteroatoms. The monoisotopic (exact) mass is 289 g/mol. The van der Waals surface area contributed by atoms with Crippen molar-refractivity contribution in [1.29, 1.82) is 0 Å². The number of nitrogens with zero attached hydrogens (tertiary/aromatic N) is 1. The highest BCUT2D eigenvalue weighted by atomic mass is 14.7. The fraction of sp³-hybridized carbons (Fsp3) is 0.381. The van der Waals surface area contributed by atoms with Crippen molar-refractivity contribution in [2.75, 3.05) is 0 Å². The molecule has 1 aromatic heterocycles. The zero-order valence-corrected chi connectivity index (χ0v) is 13.1. The molecule has 22 heavy (non-hydrogen) atoms. The highest BCUT2D eigenvalue weighted by Crippen LogP contribution is 2.31. The average Bonchev–Trinajstić information content (AvgIpc) is 2.59. The van der Waals surface area contributed by atoms with Crippen LogP contribution in [0.25, 0.3) is 21.8 Å². The van der Waals surface area contributed by atoms with E-state index in [9.17, 15) is 0 Å². The van der Waals surface area contributed by atoms with Gasteiger partial charge in [0.1, 0.15) is 0 Å². The van der Waals surface area contributed by atoms with Crippen molar-refractivity contribution in [3.63, 3.8) is 0 Å². The van der Waals surface area contributed by atoms with Crippen molar-refractivity contribution in [3.8, 4) is 0 Å². The molecule has 0 radical (unpaired) electrons. The Balaban J connectivity index is 1.75. The van der Waals surface area contributed by atoms with Gasteiger partial charge in [0.25, 0.3) is 0 Å². The normalized spacial score (nSPS) is 16.4. The van der Waals surface area contributed by atoms with E-state index in [-0.39, 0.29) is 0 Å². The Hall–Kier alpha value is -1.89. The van der Waals surface area contributed by atoms with Crippen LogP contribution in [-0.4, -0.2) is 4.98 Å². The maximum absolute atomic E-state index is 4.83. The first kappa shape index (κ1) is 13.8. The molecule has 0 amide bonds. The molecule has 0 spiro atoms. The Kier molecular flexibility index (Phi) is 3.80. The second-order valence-electron chi connectivity index (χ2n) is 6.67. The van der Waals surface area contributed by atoms with Crippen molar-refractivity contribution in [2.45, 2.75) is 44.9 Å². The lowest BCUT2D eigenvalue weighted by molar-refractivity contribution is 0.340. The molecule has 1 aliphatic carbocycles. The molecule has 0 atom stereocenters. The third-order valence-electron chi connectivity index (χ3n) is 5.23. The van der Waals surface area contributed by atoms with Gasteiger partial charge >= 0.3 is 0 Å². The molecule has 3 aromatic rings. The summed E-state index contributed by atoms with van der Waals surface area (Å²) in [5.41, 5.74) is 3.78. The lowest BCUT2D eigenvalue weighted by Gasteiger charge is -2.22. The van der Waals surface area contributed by atoms with E-state index < -0.39 is 0 Å². The Morgan fingerprint density at radius 3 is 2.00 bits per heavy atom. The predicted octanol–water partition coefficient (Wildman–Crippen LogP) is 5.90. The molecule has 0 saturated heterocycles. The Morgan fingerprint density at radius 2 is 1.36 bits per heavy atom. The number of aromatic nitrogens is 1. The number of fused-ring (bicyclic) bond motifs is 2. The zero-order valence-electron chi connectivity index (χ0n) is 13.1. The third-order valence-corrected chi connectivity index (χ3v) is 5.23. The Morgan fingerprint density at radius 1 is 0.773 bits per heavy atom. The summed E-state index contributed by atoms with van der Waals surface area (Å²) in [5, 5.41) is 2.69. The molecular formula is C21H23N. The first-order chi connectivity index (χ1) is 10.9. The van der Waals surface area contributed by atoms with Crippen LogP contribution in [0.4, 0.5) is 0 Å². The van der Waals surface area contributed by atoms with Crippen LogP contribution in [0, 0.1) is 5.92 Å². The van der Waals surface area contributed by atoms with Crippen LogP contribution in [0.15, 0.2) is 48.5 Å². The average molecular weight is 289 g/mol. The van der Waals surface area contributed by atoms with Gasteiger partial charge in [-0.15, -0.1) is 0 Å². The molecule has 1 heterocycles. The summed E-state index contributed by atoms with van der Waals surface area (Å²) in [5.74, 6) is 0.930. The van der Waals surface area contributed by atoms with Crippen molar-refractivity contribution in [2.24, 2.45) is 5.92 Å². The number of hydrogen-bond acceptors (Lipinski definition) is 1. The molecule has 112 valence electrons. The minimum atomic E-state index is 0.930. The van der Waals surface area contributed by atoms with E-state index in [2.05, 4.69) is 48.5 Å². The minimum absolute atomic E-state index is 0.930. The number of hydrogen-bond donors (Lipinski definition) is 0. The van der Waals surface area contributed by atoms with Crippen LogP contribution in [0.2, 0.25) is 0 Å². The SMILES string of the molecule is c1ccc2c(CCC3CCCCC3)c3ccccc3nc2c1. The summed E-state index contributed by atoms with van der Waals surface area (Å²) in [6.07, 6.45) is 9.69. The second-order valence-corrected chi connectivity index (χ2v) is 6.67. The minimum Gasteiger partial charge on any atom is -0.248 e. The first-order valence-electron chi connectivity index (χ1n) is 8.68. The molecule has 0 aliphatic heterocycles. The van der Waals surface area contributed by atoms with Gasteiger partial charge in [0.2, 0.25) is 0 Å². The van der Waals surface area contributed by atoms with Crippen molar-refractivity contribution in [3.05, 3.63) is 54.1 Å². The standard InChI is InChI=1S/C21H23N/c1-2-8-16(9-3-1)14-15-17-18-10-4-6-12-20(18)22-21-13-7-5-11-19(17)21/h4-7,10-13,16H,1-3,8-9,14-15H2. The quantitative estimate of drug-likeness (QED) is 0.547. The van der Waals surface area contributed by atoms with Gasteiger partial charge in [0.15, 0.2) is 0 Å². The maximum Gasteiger partial charge on any atom is 0.0712 e. The third kappa shape index (κ3) is 2.61. The van der Waals surface area contributed by atoms with Gasteiger partial charge in [0, 0.05) is 10.8 Å². The summed E-state index contributed by atoms with van der Waals surface area (Å²) in [4.78, 5) is 4.83. The lowest BCUT2D eigenvalue weighted by atomic mass is 9.84. The molecule has 4 rings (SSSR count). The van der Waals surface area contributed by atoms with Crippen molar-refractivity contribution >= 4 is 21.8 Å². The molecule has 1 aliphatic rings. The van der Waals surface area contributed by atoms with Gasteiger partial charge in [-0.25, -0.2) is 4.98 Å². The highest BCUT2D eigenvalue weighted by molar-refractivity contribution is 5.97. The molecule has 0 N–H and O–H groups in total. The van der Waals surface area contributed by atoms with Gasteiger partial charge in [-0.05, 0) is 36.5 Å². The van der Waals surface area contributed by atoms with Gasteiger partial charge in [-0.2, -0.15) is 0 Å². The summed E-state index contributed by atoms with van der Waals surface area (Å²) in [6, 6.07) is 17.2. The lowest BCUT2D eigenvalue weighted by Crippen LogP contribution is -2.07. The highest BCUT2D eigenvalue weighted by Gasteiger charge is 2.15. The van der Waals surface area contributed by atoms with E-state index in [1.165, 1.54) is 61.3 Å². The van der Waals surface area contributed by atoms with Gasteiger partial charge in [0.05, 0.1) is 11.0 Å². The summed E-state index contributed by atoms with van der Waals surface area (Å²) >= 11 is 0. The molecule has 2 aromatic carbocycles. The van der Waals surface area contributed by atoms with Crippen LogP contribution in [0.1, 0.15) is 44.1 Å². The number of aryl methyl sites for hydroxylation is 1.